The van der Waals surface area contributed by atoms with E-state index in [4.69, 9.17) is 0 Å². The third-order valence-electron chi connectivity index (χ3n) is 8.04. The predicted octanol–water partition coefficient (Wildman–Crippen LogP) is 9.16. The Balaban J connectivity index is 1.62. The molecule has 0 radical (unpaired) electrons. The fourth-order valence-electron chi connectivity index (χ4n) is 6.05. The maximum Gasteiger partial charge on any atom is 0.935 e. The lowest BCUT2D eigenvalue weighted by Gasteiger charge is -2.11. The standard InChI is InChI=1S/C37H27BF2N2/c1-24-16-20-27(21-17-24)34-29-12-6-7-13-30(29)35(41-34)33(26-10-4-3-5-11-26)37-32-15-9-8-14-31(32)36(42(37)38(39)40)28-22-18-25(2)19-23-28/h3-23H,1-2H3/p+1. The Morgan fingerprint density at radius 1 is 0.595 bits per heavy atom. The van der Waals surface area contributed by atoms with Crippen molar-refractivity contribution in [1.82, 2.24) is 4.98 Å². The highest BCUT2D eigenvalue weighted by atomic mass is 19.2. The van der Waals surface area contributed by atoms with Gasteiger partial charge >= 0.3 is 7.40 Å². The first-order chi connectivity index (χ1) is 20.5. The Bertz CT molecular complexity index is 2000. The highest BCUT2D eigenvalue weighted by molar-refractivity contribution is 6.39. The number of hydrogen-bond donors (Lipinski definition) is 1. The highest BCUT2D eigenvalue weighted by Gasteiger charge is 2.49. The van der Waals surface area contributed by atoms with Crippen molar-refractivity contribution in [1.29, 1.82) is 0 Å². The minimum atomic E-state index is -2.76. The van der Waals surface area contributed by atoms with Gasteiger partial charge in [-0.25, -0.2) is 13.1 Å². The van der Waals surface area contributed by atoms with Crippen molar-refractivity contribution >= 4 is 35.2 Å². The number of rotatable bonds is 5. The van der Waals surface area contributed by atoms with Crippen LogP contribution in [-0.2, 0) is 0 Å². The van der Waals surface area contributed by atoms with E-state index in [1.54, 1.807) is 0 Å². The van der Waals surface area contributed by atoms with Crippen LogP contribution in [0.1, 0.15) is 39.1 Å². The molecule has 1 aromatic heterocycles. The van der Waals surface area contributed by atoms with Crippen LogP contribution in [0.3, 0.4) is 0 Å². The molecular weight excluding hydrogens is 521 g/mol. The summed E-state index contributed by atoms with van der Waals surface area (Å²) in [5.74, 6) is 0. The molecule has 1 N–H and O–H groups in total. The van der Waals surface area contributed by atoms with Gasteiger partial charge in [0.25, 0.3) is 0 Å². The summed E-state index contributed by atoms with van der Waals surface area (Å²) in [5.41, 5.74) is 10.0. The SMILES string of the molecule is Cc1ccc(C2=[N+](B(F)F)/C(=C(/c3ccccc3)c3[nH]c(-c4ccc(C)cc4)c4ccccc34)c3ccccc32)cc1. The van der Waals surface area contributed by atoms with E-state index in [2.05, 4.69) is 48.3 Å². The molecule has 2 heterocycles. The van der Waals surface area contributed by atoms with Crippen LogP contribution in [0.5, 0.6) is 0 Å². The fourth-order valence-corrected chi connectivity index (χ4v) is 6.05. The number of H-pyrrole nitrogens is 1. The normalized spacial score (nSPS) is 13.9. The van der Waals surface area contributed by atoms with Gasteiger partial charge in [-0.1, -0.05) is 114 Å². The molecule has 2 nitrogen and oxygen atoms in total. The first-order valence-corrected chi connectivity index (χ1v) is 14.1. The Morgan fingerprint density at radius 3 is 1.79 bits per heavy atom. The van der Waals surface area contributed by atoms with Gasteiger partial charge in [0.1, 0.15) is 0 Å². The summed E-state index contributed by atoms with van der Waals surface area (Å²) in [4.78, 5) is 3.71. The molecule has 7 rings (SSSR count). The van der Waals surface area contributed by atoms with Crippen molar-refractivity contribution in [2.24, 2.45) is 0 Å². The van der Waals surface area contributed by atoms with Gasteiger partial charge in [0, 0.05) is 16.3 Å². The van der Waals surface area contributed by atoms with Crippen LogP contribution < -0.4 is 0 Å². The summed E-state index contributed by atoms with van der Waals surface area (Å²) in [7, 11) is -2.76. The topological polar surface area (TPSA) is 18.8 Å². The van der Waals surface area contributed by atoms with Gasteiger partial charge in [0.15, 0.2) is 0 Å². The number of hydrogen-bond acceptors (Lipinski definition) is 0. The molecule has 6 aromatic rings. The first kappa shape index (κ1) is 25.9. The second-order valence-electron chi connectivity index (χ2n) is 10.8. The summed E-state index contributed by atoms with van der Waals surface area (Å²) < 4.78 is 32.1. The van der Waals surface area contributed by atoms with Crippen molar-refractivity contribution in [3.05, 3.63) is 166 Å². The van der Waals surface area contributed by atoms with Gasteiger partial charge < -0.3 is 4.98 Å². The van der Waals surface area contributed by atoms with E-state index in [1.165, 1.54) is 10.0 Å². The van der Waals surface area contributed by atoms with Crippen LogP contribution in [0.2, 0.25) is 0 Å². The molecule has 0 fully saturated rings. The molecule has 0 unspecified atom stereocenters. The molecule has 0 atom stereocenters. The van der Waals surface area contributed by atoms with Gasteiger partial charge in [-0.05, 0) is 49.2 Å². The van der Waals surface area contributed by atoms with Crippen LogP contribution >= 0.6 is 0 Å². The molecule has 5 heteroatoms. The van der Waals surface area contributed by atoms with E-state index >= 15 is 8.63 Å². The maximum absolute atomic E-state index is 15.4. The average Bonchev–Trinajstić information content (AvgIpc) is 3.56. The van der Waals surface area contributed by atoms with Crippen LogP contribution in [0.25, 0.3) is 33.3 Å². The van der Waals surface area contributed by atoms with Crippen LogP contribution in [-0.4, -0.2) is 22.6 Å². The molecule has 0 spiro atoms. The van der Waals surface area contributed by atoms with Crippen molar-refractivity contribution in [2.75, 3.05) is 0 Å². The maximum atomic E-state index is 15.4. The Morgan fingerprint density at radius 2 is 1.14 bits per heavy atom. The smallest absolute Gasteiger partial charge is 0.353 e. The van der Waals surface area contributed by atoms with Crippen LogP contribution in [0, 0.1) is 13.8 Å². The second kappa shape index (κ2) is 10.4. The Hall–Kier alpha value is -5.03. The van der Waals surface area contributed by atoms with Crippen LogP contribution in [0.15, 0.2) is 127 Å². The molecule has 0 aliphatic carbocycles. The number of nitrogens with zero attached hydrogens (tertiary/aromatic N) is 1. The molecule has 0 bridgehead atoms. The Labute approximate surface area is 244 Å². The molecular formula is C37H28BF2N2+. The third-order valence-corrected chi connectivity index (χ3v) is 8.04. The predicted molar refractivity (Wildman–Crippen MR) is 170 cm³/mol. The van der Waals surface area contributed by atoms with E-state index in [-0.39, 0.29) is 0 Å². The molecule has 42 heavy (non-hydrogen) atoms. The van der Waals surface area contributed by atoms with Crippen molar-refractivity contribution in [3.63, 3.8) is 0 Å². The first-order valence-electron chi connectivity index (χ1n) is 14.1. The molecule has 0 saturated carbocycles. The molecule has 0 saturated heterocycles. The zero-order valence-corrected chi connectivity index (χ0v) is 23.4. The minimum Gasteiger partial charge on any atom is -0.353 e. The van der Waals surface area contributed by atoms with Gasteiger partial charge in [-0.15, -0.1) is 0 Å². The largest absolute Gasteiger partial charge is 0.935 e. The summed E-state index contributed by atoms with van der Waals surface area (Å²) in [6.45, 7) is 4.07. The van der Waals surface area contributed by atoms with E-state index in [0.717, 1.165) is 61.1 Å². The average molecular weight is 549 g/mol. The van der Waals surface area contributed by atoms with E-state index in [0.29, 0.717) is 11.4 Å². The molecule has 202 valence electrons. The molecule has 5 aromatic carbocycles. The molecule has 1 aliphatic rings. The number of halogens is 2. The highest BCUT2D eigenvalue weighted by Crippen LogP contribution is 2.43. The Kier molecular flexibility index (Phi) is 6.43. The van der Waals surface area contributed by atoms with E-state index in [9.17, 15) is 0 Å². The number of nitrogens with one attached hydrogen (secondary N) is 1. The lowest BCUT2D eigenvalue weighted by molar-refractivity contribution is -0.295. The minimum absolute atomic E-state index is 0.491. The van der Waals surface area contributed by atoms with Crippen molar-refractivity contribution in [3.8, 4) is 11.3 Å². The van der Waals surface area contributed by atoms with E-state index < -0.39 is 7.40 Å². The quantitative estimate of drug-likeness (QED) is 0.207. The molecule has 1 aliphatic heterocycles. The van der Waals surface area contributed by atoms with E-state index in [1.807, 2.05) is 97.9 Å². The zero-order chi connectivity index (χ0) is 28.8. The lowest BCUT2D eigenvalue weighted by atomic mass is 9.92. The number of benzene rings is 5. The fraction of sp³-hybridized carbons (Fsp3) is 0.0541. The monoisotopic (exact) mass is 549 g/mol. The summed E-state index contributed by atoms with van der Waals surface area (Å²) in [5, 5.41) is 2.03. The van der Waals surface area contributed by atoms with Gasteiger partial charge in [0.2, 0.25) is 11.4 Å². The summed E-state index contributed by atoms with van der Waals surface area (Å²) >= 11 is 0. The summed E-state index contributed by atoms with van der Waals surface area (Å²) in [6.07, 6.45) is 0. The zero-order valence-electron chi connectivity index (χ0n) is 23.4. The van der Waals surface area contributed by atoms with Gasteiger partial charge in [0.05, 0.1) is 28.1 Å². The van der Waals surface area contributed by atoms with Crippen molar-refractivity contribution < 1.29 is 13.1 Å². The third kappa shape index (κ3) is 4.29. The number of aromatic amines is 1. The number of aromatic nitrogens is 1. The lowest BCUT2D eigenvalue weighted by Crippen LogP contribution is -2.26. The second-order valence-corrected chi connectivity index (χ2v) is 10.8. The van der Waals surface area contributed by atoms with Gasteiger partial charge in [-0.3, -0.25) is 0 Å². The van der Waals surface area contributed by atoms with Crippen molar-refractivity contribution in [2.45, 2.75) is 13.8 Å². The summed E-state index contributed by atoms with van der Waals surface area (Å²) in [6, 6.07) is 42.0. The number of fused-ring (bicyclic) bond motifs is 2. The van der Waals surface area contributed by atoms with Crippen LogP contribution in [0.4, 0.5) is 8.63 Å². The van der Waals surface area contributed by atoms with Gasteiger partial charge in [-0.2, -0.15) is 0 Å². The molecule has 0 amide bonds. The number of aryl methyl sites for hydroxylation is 2.